The molecular formula is C27H35N5O3S. The maximum atomic E-state index is 12.8. The molecule has 0 radical (unpaired) electrons. The third-order valence-electron chi connectivity index (χ3n) is 5.47. The molecule has 1 N–H and O–H groups in total. The summed E-state index contributed by atoms with van der Waals surface area (Å²) in [5.41, 5.74) is 3.00. The molecule has 0 spiro atoms. The van der Waals surface area contributed by atoms with Crippen molar-refractivity contribution >= 4 is 34.3 Å². The van der Waals surface area contributed by atoms with E-state index in [0.29, 0.717) is 30.3 Å². The fourth-order valence-corrected chi connectivity index (χ4v) is 4.27. The van der Waals surface area contributed by atoms with Gasteiger partial charge in [-0.05, 0) is 53.7 Å². The number of benzene rings is 1. The van der Waals surface area contributed by atoms with Crippen molar-refractivity contribution in [2.45, 2.75) is 47.1 Å². The minimum absolute atomic E-state index is 0.258. The number of amides is 2. The molecule has 8 nitrogen and oxygen atoms in total. The van der Waals surface area contributed by atoms with E-state index < -0.39 is 5.60 Å². The Morgan fingerprint density at radius 3 is 2.33 bits per heavy atom. The molecule has 192 valence electrons. The summed E-state index contributed by atoms with van der Waals surface area (Å²) in [7, 11) is 1.72. The Balaban J connectivity index is 1.61. The summed E-state index contributed by atoms with van der Waals surface area (Å²) in [5.74, 6) is 0.476. The molecule has 2 amide bonds. The number of likely N-dealkylation sites (N-methyl/N-ethyl adjacent to an activating group) is 2. The highest BCUT2D eigenvalue weighted by Crippen LogP contribution is 2.30. The Labute approximate surface area is 217 Å². The van der Waals surface area contributed by atoms with E-state index in [0.717, 1.165) is 22.0 Å². The second-order valence-corrected chi connectivity index (χ2v) is 10.8. The molecule has 0 aliphatic rings. The lowest BCUT2D eigenvalue weighted by Gasteiger charge is -2.27. The van der Waals surface area contributed by atoms with Gasteiger partial charge in [-0.1, -0.05) is 29.8 Å². The van der Waals surface area contributed by atoms with Gasteiger partial charge in [-0.3, -0.25) is 10.1 Å². The second kappa shape index (κ2) is 11.5. The van der Waals surface area contributed by atoms with Gasteiger partial charge in [0.2, 0.25) is 0 Å². The summed E-state index contributed by atoms with van der Waals surface area (Å²) in [6, 6.07) is 11.7. The van der Waals surface area contributed by atoms with E-state index >= 15 is 0 Å². The van der Waals surface area contributed by atoms with Crippen LogP contribution in [-0.4, -0.2) is 59.2 Å². The van der Waals surface area contributed by atoms with Crippen LogP contribution in [0.3, 0.4) is 0 Å². The normalized spacial score (nSPS) is 11.2. The lowest BCUT2D eigenvalue weighted by molar-refractivity contribution is 0.0303. The van der Waals surface area contributed by atoms with Crippen LogP contribution in [0, 0.1) is 13.8 Å². The first-order valence-electron chi connectivity index (χ1n) is 12.0. The number of carbonyl (C=O) groups is 2. The Morgan fingerprint density at radius 2 is 1.75 bits per heavy atom. The van der Waals surface area contributed by atoms with Crippen molar-refractivity contribution in [3.8, 4) is 11.3 Å². The molecule has 0 saturated heterocycles. The van der Waals surface area contributed by atoms with Gasteiger partial charge in [-0.2, -0.15) is 0 Å². The van der Waals surface area contributed by atoms with E-state index in [4.69, 9.17) is 4.74 Å². The topological polar surface area (TPSA) is 87.7 Å². The predicted octanol–water partition coefficient (Wildman–Crippen LogP) is 5.77. The molecule has 0 saturated carbocycles. The number of hydrogen-bond donors (Lipinski definition) is 1. The quantitative estimate of drug-likeness (QED) is 0.415. The van der Waals surface area contributed by atoms with Crippen LogP contribution in [0.25, 0.3) is 11.3 Å². The molecule has 0 bridgehead atoms. The summed E-state index contributed by atoms with van der Waals surface area (Å²) in [6.07, 6.45) is 1.20. The van der Waals surface area contributed by atoms with E-state index in [1.165, 1.54) is 16.9 Å². The van der Waals surface area contributed by atoms with Crippen molar-refractivity contribution in [2.24, 2.45) is 0 Å². The molecule has 0 aliphatic heterocycles. The molecule has 0 aliphatic carbocycles. The van der Waals surface area contributed by atoms with E-state index in [9.17, 15) is 9.59 Å². The molecular weight excluding hydrogens is 474 g/mol. The smallest absolute Gasteiger partial charge is 0.410 e. The number of nitrogens with one attached hydrogen (secondary N) is 1. The lowest BCUT2D eigenvalue weighted by atomic mass is 10.1. The van der Waals surface area contributed by atoms with Crippen LogP contribution in [0.2, 0.25) is 0 Å². The molecule has 0 atom stereocenters. The zero-order chi connectivity index (χ0) is 26.5. The highest BCUT2D eigenvalue weighted by atomic mass is 32.1. The molecule has 3 rings (SSSR count). The number of pyridine rings is 1. The zero-order valence-corrected chi connectivity index (χ0v) is 22.9. The second-order valence-electron chi connectivity index (χ2n) is 9.63. The van der Waals surface area contributed by atoms with E-state index in [2.05, 4.69) is 27.4 Å². The van der Waals surface area contributed by atoms with Crippen LogP contribution in [0.4, 0.5) is 15.7 Å². The Bertz CT molecular complexity index is 1180. The van der Waals surface area contributed by atoms with Crippen molar-refractivity contribution in [3.05, 3.63) is 58.6 Å². The van der Waals surface area contributed by atoms with Gasteiger partial charge < -0.3 is 14.5 Å². The largest absolute Gasteiger partial charge is 0.444 e. The van der Waals surface area contributed by atoms with Crippen molar-refractivity contribution < 1.29 is 14.3 Å². The van der Waals surface area contributed by atoms with E-state index in [1.807, 2.05) is 64.6 Å². The summed E-state index contributed by atoms with van der Waals surface area (Å²) in [4.78, 5) is 38.8. The molecule has 2 aromatic heterocycles. The standard InChI is InChI=1S/C27H35N5O3S/c1-8-32(16-15-31(7)26(34)35-27(4,5)6)22-14-13-21(17-28-22)24(33)30-25-29-23(19(3)36-25)20-11-9-18(2)10-12-20/h9-14,17H,8,15-16H2,1-7H3,(H,29,30,33). The SMILES string of the molecule is CCN(CCN(C)C(=O)OC(C)(C)C)c1ccc(C(=O)Nc2nc(-c3ccc(C)cc3)c(C)s2)cn1. The van der Waals surface area contributed by atoms with Crippen LogP contribution in [0.5, 0.6) is 0 Å². The average molecular weight is 510 g/mol. The number of rotatable bonds is 8. The average Bonchev–Trinajstić information content (AvgIpc) is 3.18. The van der Waals surface area contributed by atoms with Crippen LogP contribution >= 0.6 is 11.3 Å². The molecule has 0 fully saturated rings. The Kier molecular flexibility index (Phi) is 8.68. The van der Waals surface area contributed by atoms with Gasteiger partial charge in [0.15, 0.2) is 5.13 Å². The van der Waals surface area contributed by atoms with Gasteiger partial charge in [0.05, 0.1) is 11.3 Å². The number of hydrogen-bond acceptors (Lipinski definition) is 7. The zero-order valence-electron chi connectivity index (χ0n) is 22.1. The van der Waals surface area contributed by atoms with E-state index in [-0.39, 0.29) is 12.0 Å². The Morgan fingerprint density at radius 1 is 1.06 bits per heavy atom. The number of carbonyl (C=O) groups excluding carboxylic acids is 2. The monoisotopic (exact) mass is 509 g/mol. The number of aryl methyl sites for hydroxylation is 2. The van der Waals surface area contributed by atoms with Gasteiger partial charge in [-0.15, -0.1) is 11.3 Å². The summed E-state index contributed by atoms with van der Waals surface area (Å²) in [5, 5.41) is 3.44. The number of anilines is 2. The lowest BCUT2D eigenvalue weighted by Crippen LogP contribution is -2.39. The first-order valence-corrected chi connectivity index (χ1v) is 12.8. The van der Waals surface area contributed by atoms with E-state index in [1.54, 1.807) is 24.2 Å². The first kappa shape index (κ1) is 27.1. The van der Waals surface area contributed by atoms with Gasteiger partial charge in [0.25, 0.3) is 5.91 Å². The number of ether oxygens (including phenoxy) is 1. The third kappa shape index (κ3) is 7.27. The molecule has 1 aromatic carbocycles. The fraction of sp³-hybridized carbons (Fsp3) is 0.407. The molecule has 36 heavy (non-hydrogen) atoms. The molecule has 3 aromatic rings. The summed E-state index contributed by atoms with van der Waals surface area (Å²) < 4.78 is 5.40. The molecule has 0 unspecified atom stereocenters. The van der Waals surface area contributed by atoms with Crippen molar-refractivity contribution in [1.29, 1.82) is 0 Å². The maximum absolute atomic E-state index is 12.8. The van der Waals surface area contributed by atoms with Gasteiger partial charge in [0, 0.05) is 43.3 Å². The van der Waals surface area contributed by atoms with Gasteiger partial charge in [-0.25, -0.2) is 14.8 Å². The van der Waals surface area contributed by atoms with Crippen molar-refractivity contribution in [1.82, 2.24) is 14.9 Å². The van der Waals surface area contributed by atoms with Crippen molar-refractivity contribution in [2.75, 3.05) is 36.9 Å². The third-order valence-corrected chi connectivity index (χ3v) is 6.35. The van der Waals surface area contributed by atoms with Crippen molar-refractivity contribution in [3.63, 3.8) is 0 Å². The predicted molar refractivity (Wildman–Crippen MR) is 146 cm³/mol. The minimum atomic E-state index is -0.534. The summed E-state index contributed by atoms with van der Waals surface area (Å²) in [6.45, 7) is 13.4. The Hall–Kier alpha value is -3.46. The maximum Gasteiger partial charge on any atom is 0.410 e. The summed E-state index contributed by atoms with van der Waals surface area (Å²) >= 11 is 1.45. The highest BCUT2D eigenvalue weighted by molar-refractivity contribution is 7.16. The highest BCUT2D eigenvalue weighted by Gasteiger charge is 2.20. The van der Waals surface area contributed by atoms with Crippen LogP contribution in [0.15, 0.2) is 42.6 Å². The molecule has 9 heteroatoms. The minimum Gasteiger partial charge on any atom is -0.444 e. The fourth-order valence-electron chi connectivity index (χ4n) is 3.44. The number of thiazole rings is 1. The van der Waals surface area contributed by atoms with Crippen LogP contribution in [0.1, 0.15) is 48.5 Å². The number of aromatic nitrogens is 2. The number of nitrogens with zero attached hydrogens (tertiary/aromatic N) is 4. The van der Waals surface area contributed by atoms with Crippen LogP contribution in [-0.2, 0) is 4.74 Å². The molecule has 2 heterocycles. The van der Waals surface area contributed by atoms with Gasteiger partial charge in [0.1, 0.15) is 11.4 Å². The first-order chi connectivity index (χ1) is 17.0. The van der Waals surface area contributed by atoms with Crippen LogP contribution < -0.4 is 10.2 Å². The van der Waals surface area contributed by atoms with Gasteiger partial charge >= 0.3 is 6.09 Å².